The lowest BCUT2D eigenvalue weighted by Crippen LogP contribution is -2.16. The van der Waals surface area contributed by atoms with Crippen molar-refractivity contribution in [3.05, 3.63) is 41.5 Å². The van der Waals surface area contributed by atoms with Crippen LogP contribution in [0.25, 0.3) is 0 Å². The van der Waals surface area contributed by atoms with E-state index < -0.39 is 6.61 Å². The van der Waals surface area contributed by atoms with E-state index in [0.717, 1.165) is 5.56 Å². The van der Waals surface area contributed by atoms with E-state index in [0.29, 0.717) is 31.2 Å². The van der Waals surface area contributed by atoms with Gasteiger partial charge >= 0.3 is 6.61 Å². The van der Waals surface area contributed by atoms with Crippen LogP contribution in [0.5, 0.6) is 5.75 Å². The number of benzene rings is 1. The standard InChI is InChI=1S/C13H15F2N3O2/c1-9-17-12(20-18-9)6-7-16-8-10-2-4-11(5-3-10)19-13(14)15/h2-5,13,16H,6-8H2,1H3. The maximum absolute atomic E-state index is 12.0. The molecule has 1 aromatic heterocycles. The van der Waals surface area contributed by atoms with Gasteiger partial charge in [0.1, 0.15) is 5.75 Å². The highest BCUT2D eigenvalue weighted by atomic mass is 19.3. The van der Waals surface area contributed by atoms with Crippen LogP contribution in [0, 0.1) is 6.92 Å². The zero-order chi connectivity index (χ0) is 14.4. The first-order valence-electron chi connectivity index (χ1n) is 6.17. The van der Waals surface area contributed by atoms with E-state index in [9.17, 15) is 8.78 Å². The minimum absolute atomic E-state index is 0.157. The molecule has 0 spiro atoms. The Morgan fingerprint density at radius 1 is 1.30 bits per heavy atom. The Labute approximate surface area is 114 Å². The molecule has 0 aliphatic rings. The SMILES string of the molecule is Cc1noc(CCNCc2ccc(OC(F)F)cc2)n1. The molecule has 1 aromatic carbocycles. The number of aromatic nitrogens is 2. The molecule has 0 fully saturated rings. The predicted molar refractivity (Wildman–Crippen MR) is 67.5 cm³/mol. The molecule has 0 aliphatic heterocycles. The third-order valence-electron chi connectivity index (χ3n) is 2.56. The largest absolute Gasteiger partial charge is 0.435 e. The first-order chi connectivity index (χ1) is 9.63. The molecule has 0 radical (unpaired) electrons. The number of aryl methyl sites for hydroxylation is 1. The number of nitrogens with zero attached hydrogens (tertiary/aromatic N) is 2. The molecule has 0 saturated carbocycles. The fourth-order valence-corrected chi connectivity index (χ4v) is 1.66. The van der Waals surface area contributed by atoms with E-state index in [1.54, 1.807) is 19.1 Å². The van der Waals surface area contributed by atoms with Crippen molar-refractivity contribution in [3.8, 4) is 5.75 Å². The Balaban J connectivity index is 1.71. The molecular weight excluding hydrogens is 268 g/mol. The van der Waals surface area contributed by atoms with Crippen LogP contribution < -0.4 is 10.1 Å². The highest BCUT2D eigenvalue weighted by molar-refractivity contribution is 5.27. The summed E-state index contributed by atoms with van der Waals surface area (Å²) in [5.74, 6) is 1.37. The van der Waals surface area contributed by atoms with Gasteiger partial charge in [0.25, 0.3) is 0 Å². The maximum atomic E-state index is 12.0. The third kappa shape index (κ3) is 4.58. The zero-order valence-corrected chi connectivity index (χ0v) is 11.0. The summed E-state index contributed by atoms with van der Waals surface area (Å²) in [5.41, 5.74) is 0.980. The molecule has 2 rings (SSSR count). The van der Waals surface area contributed by atoms with Crippen LogP contribution in [-0.4, -0.2) is 23.3 Å². The van der Waals surface area contributed by atoms with Gasteiger partial charge in [-0.1, -0.05) is 17.3 Å². The normalized spacial score (nSPS) is 11.0. The molecule has 5 nitrogen and oxygen atoms in total. The van der Waals surface area contributed by atoms with Crippen molar-refractivity contribution < 1.29 is 18.0 Å². The third-order valence-corrected chi connectivity index (χ3v) is 2.56. The van der Waals surface area contributed by atoms with Crippen molar-refractivity contribution in [1.29, 1.82) is 0 Å². The maximum Gasteiger partial charge on any atom is 0.387 e. The molecule has 0 aliphatic carbocycles. The van der Waals surface area contributed by atoms with E-state index in [1.165, 1.54) is 12.1 Å². The molecule has 0 atom stereocenters. The van der Waals surface area contributed by atoms with Crippen LogP contribution in [0.15, 0.2) is 28.8 Å². The molecule has 20 heavy (non-hydrogen) atoms. The van der Waals surface area contributed by atoms with E-state index >= 15 is 0 Å². The first kappa shape index (κ1) is 14.4. The molecule has 1 heterocycles. The van der Waals surface area contributed by atoms with E-state index in [4.69, 9.17) is 4.52 Å². The van der Waals surface area contributed by atoms with Crippen molar-refractivity contribution in [2.24, 2.45) is 0 Å². The molecule has 0 saturated heterocycles. The Bertz CT molecular complexity index is 529. The number of hydrogen-bond acceptors (Lipinski definition) is 5. The summed E-state index contributed by atoms with van der Waals surface area (Å²) >= 11 is 0. The average Bonchev–Trinajstić information content (AvgIpc) is 2.82. The van der Waals surface area contributed by atoms with Gasteiger partial charge < -0.3 is 14.6 Å². The highest BCUT2D eigenvalue weighted by Gasteiger charge is 2.04. The highest BCUT2D eigenvalue weighted by Crippen LogP contribution is 2.14. The van der Waals surface area contributed by atoms with E-state index in [1.807, 2.05) is 0 Å². The number of nitrogens with one attached hydrogen (secondary N) is 1. The molecule has 2 aromatic rings. The van der Waals surface area contributed by atoms with Gasteiger partial charge in [-0.25, -0.2) is 0 Å². The van der Waals surface area contributed by atoms with E-state index in [2.05, 4.69) is 20.2 Å². The van der Waals surface area contributed by atoms with Crippen LogP contribution >= 0.6 is 0 Å². The zero-order valence-electron chi connectivity index (χ0n) is 11.0. The quantitative estimate of drug-likeness (QED) is 0.790. The van der Waals surface area contributed by atoms with Gasteiger partial charge in [0.2, 0.25) is 5.89 Å². The molecule has 0 bridgehead atoms. The van der Waals surface area contributed by atoms with Crippen LogP contribution in [-0.2, 0) is 13.0 Å². The number of alkyl halides is 2. The van der Waals surface area contributed by atoms with Crippen LogP contribution in [0.2, 0.25) is 0 Å². The summed E-state index contributed by atoms with van der Waals surface area (Å²) in [7, 11) is 0. The monoisotopic (exact) mass is 283 g/mol. The topological polar surface area (TPSA) is 60.2 Å². The number of ether oxygens (including phenoxy) is 1. The minimum atomic E-state index is -2.79. The lowest BCUT2D eigenvalue weighted by molar-refractivity contribution is -0.0498. The lowest BCUT2D eigenvalue weighted by Gasteiger charge is -2.06. The summed E-state index contributed by atoms with van der Waals surface area (Å²) < 4.78 is 33.2. The minimum Gasteiger partial charge on any atom is -0.435 e. The van der Waals surface area contributed by atoms with Gasteiger partial charge in [-0.3, -0.25) is 0 Å². The number of halogens is 2. The van der Waals surface area contributed by atoms with Gasteiger partial charge in [-0.15, -0.1) is 0 Å². The summed E-state index contributed by atoms with van der Waals surface area (Å²) in [6, 6.07) is 6.51. The fourth-order valence-electron chi connectivity index (χ4n) is 1.66. The fraction of sp³-hybridized carbons (Fsp3) is 0.385. The van der Waals surface area contributed by atoms with Crippen LogP contribution in [0.3, 0.4) is 0 Å². The average molecular weight is 283 g/mol. The van der Waals surface area contributed by atoms with Gasteiger partial charge in [0.05, 0.1) is 0 Å². The van der Waals surface area contributed by atoms with Crippen molar-refractivity contribution in [1.82, 2.24) is 15.5 Å². The van der Waals surface area contributed by atoms with Crippen molar-refractivity contribution >= 4 is 0 Å². The lowest BCUT2D eigenvalue weighted by atomic mass is 10.2. The number of rotatable bonds is 7. The van der Waals surface area contributed by atoms with Crippen LogP contribution in [0.1, 0.15) is 17.3 Å². The first-order valence-corrected chi connectivity index (χ1v) is 6.17. The molecule has 0 amide bonds. The molecule has 108 valence electrons. The number of hydrogen-bond donors (Lipinski definition) is 1. The molecular formula is C13H15F2N3O2. The smallest absolute Gasteiger partial charge is 0.387 e. The predicted octanol–water partition coefficient (Wildman–Crippen LogP) is 2.31. The van der Waals surface area contributed by atoms with E-state index in [-0.39, 0.29) is 5.75 Å². The molecule has 7 heteroatoms. The van der Waals surface area contributed by atoms with Gasteiger partial charge in [-0.2, -0.15) is 13.8 Å². The van der Waals surface area contributed by atoms with Crippen LogP contribution in [0.4, 0.5) is 8.78 Å². The van der Waals surface area contributed by atoms with Crippen molar-refractivity contribution in [3.63, 3.8) is 0 Å². The van der Waals surface area contributed by atoms with Gasteiger partial charge in [0.15, 0.2) is 5.82 Å². The Morgan fingerprint density at radius 3 is 2.65 bits per heavy atom. The second-order valence-electron chi connectivity index (χ2n) is 4.18. The Kier molecular flexibility index (Phi) is 5.00. The van der Waals surface area contributed by atoms with Gasteiger partial charge in [-0.05, 0) is 24.6 Å². The van der Waals surface area contributed by atoms with Crippen molar-refractivity contribution in [2.45, 2.75) is 26.5 Å². The van der Waals surface area contributed by atoms with Crippen molar-refractivity contribution in [2.75, 3.05) is 6.54 Å². The Morgan fingerprint density at radius 2 is 2.05 bits per heavy atom. The Hall–Kier alpha value is -2.02. The second kappa shape index (κ2) is 6.95. The summed E-state index contributed by atoms with van der Waals surface area (Å²) in [4.78, 5) is 4.09. The second-order valence-corrected chi connectivity index (χ2v) is 4.18. The molecule has 0 unspecified atom stereocenters. The summed E-state index contributed by atoms with van der Waals surface area (Å²) in [6.07, 6.45) is 0.646. The van der Waals surface area contributed by atoms with Gasteiger partial charge in [0, 0.05) is 19.5 Å². The summed E-state index contributed by atoms with van der Waals surface area (Å²) in [5, 5.41) is 6.90. The summed E-state index contributed by atoms with van der Waals surface area (Å²) in [6.45, 7) is 0.291. The molecule has 1 N–H and O–H groups in total.